The van der Waals surface area contributed by atoms with Crippen molar-refractivity contribution < 1.29 is 14.3 Å². The summed E-state index contributed by atoms with van der Waals surface area (Å²) in [6, 6.07) is 3.74. The third kappa shape index (κ3) is 7.08. The molecular weight excluding hydrogens is 296 g/mol. The second-order valence-corrected chi connectivity index (χ2v) is 5.07. The van der Waals surface area contributed by atoms with Gasteiger partial charge in [-0.2, -0.15) is 4.98 Å². The molecule has 1 rings (SSSR count). The fraction of sp³-hybridized carbons (Fsp3) is 0.625. The Labute approximate surface area is 138 Å². The lowest BCUT2D eigenvalue weighted by atomic mass is 10.3. The molecule has 0 aliphatic rings. The van der Waals surface area contributed by atoms with Crippen molar-refractivity contribution in [1.82, 2.24) is 10.3 Å². The minimum Gasteiger partial charge on any atom is -0.476 e. The zero-order valence-corrected chi connectivity index (χ0v) is 14.3. The van der Waals surface area contributed by atoms with Gasteiger partial charge < -0.3 is 25.4 Å². The zero-order chi connectivity index (χ0) is 17.1. The molecule has 3 N–H and O–H groups in total. The highest BCUT2D eigenvalue weighted by molar-refractivity contribution is 5.67. The van der Waals surface area contributed by atoms with Crippen molar-refractivity contribution in [3.8, 4) is 5.88 Å². The van der Waals surface area contributed by atoms with Gasteiger partial charge in [-0.25, -0.2) is 4.79 Å². The SMILES string of the molecule is CCCN(CCC)c1cc(N)nc(OCCNC(=O)OCC)c1. The van der Waals surface area contributed by atoms with E-state index in [2.05, 4.69) is 29.0 Å². The van der Waals surface area contributed by atoms with Crippen LogP contribution in [0.15, 0.2) is 12.1 Å². The molecule has 1 heterocycles. The van der Waals surface area contributed by atoms with Gasteiger partial charge in [-0.3, -0.25) is 0 Å². The first-order valence-electron chi connectivity index (χ1n) is 8.16. The van der Waals surface area contributed by atoms with Crippen molar-refractivity contribution in [2.24, 2.45) is 0 Å². The minimum absolute atomic E-state index is 0.302. The topological polar surface area (TPSA) is 89.7 Å². The van der Waals surface area contributed by atoms with Gasteiger partial charge in [-0.1, -0.05) is 13.8 Å². The van der Waals surface area contributed by atoms with E-state index in [1.807, 2.05) is 12.1 Å². The molecule has 0 saturated heterocycles. The average molecular weight is 324 g/mol. The van der Waals surface area contributed by atoms with E-state index in [1.165, 1.54) is 0 Å². The molecule has 1 aromatic rings. The molecule has 0 aliphatic carbocycles. The predicted molar refractivity (Wildman–Crippen MR) is 92.0 cm³/mol. The van der Waals surface area contributed by atoms with E-state index in [-0.39, 0.29) is 0 Å². The molecule has 0 saturated carbocycles. The number of nitrogen functional groups attached to an aromatic ring is 1. The van der Waals surface area contributed by atoms with Crippen LogP contribution in [0.2, 0.25) is 0 Å². The van der Waals surface area contributed by atoms with Crippen molar-refractivity contribution in [2.75, 3.05) is 43.5 Å². The molecule has 1 amide bonds. The van der Waals surface area contributed by atoms with Crippen LogP contribution in [0, 0.1) is 0 Å². The van der Waals surface area contributed by atoms with Crippen LogP contribution in [-0.2, 0) is 4.74 Å². The van der Waals surface area contributed by atoms with Crippen molar-refractivity contribution in [2.45, 2.75) is 33.6 Å². The summed E-state index contributed by atoms with van der Waals surface area (Å²) in [6.45, 7) is 8.96. The summed E-state index contributed by atoms with van der Waals surface area (Å²) in [5, 5.41) is 2.59. The Balaban J connectivity index is 2.60. The molecule has 0 aliphatic heterocycles. The van der Waals surface area contributed by atoms with E-state index in [0.717, 1.165) is 31.6 Å². The minimum atomic E-state index is -0.450. The number of alkyl carbamates (subject to hydrolysis) is 1. The Bertz CT molecular complexity index is 476. The van der Waals surface area contributed by atoms with Crippen LogP contribution in [0.4, 0.5) is 16.3 Å². The monoisotopic (exact) mass is 324 g/mol. The maximum atomic E-state index is 11.2. The number of nitrogens with zero attached hydrogens (tertiary/aromatic N) is 2. The van der Waals surface area contributed by atoms with Crippen molar-refractivity contribution in [1.29, 1.82) is 0 Å². The van der Waals surface area contributed by atoms with E-state index in [4.69, 9.17) is 15.2 Å². The van der Waals surface area contributed by atoms with Crippen molar-refractivity contribution in [3.05, 3.63) is 12.1 Å². The third-order valence-corrected chi connectivity index (χ3v) is 3.06. The fourth-order valence-electron chi connectivity index (χ4n) is 2.17. The molecule has 0 fully saturated rings. The quantitative estimate of drug-likeness (QED) is 0.642. The number of nitrogens with one attached hydrogen (secondary N) is 1. The number of amides is 1. The number of aromatic nitrogens is 1. The smallest absolute Gasteiger partial charge is 0.407 e. The highest BCUT2D eigenvalue weighted by Crippen LogP contribution is 2.23. The molecular formula is C16H28N4O3. The van der Waals surface area contributed by atoms with Gasteiger partial charge in [0, 0.05) is 30.9 Å². The predicted octanol–water partition coefficient (Wildman–Crippen LogP) is 2.42. The Morgan fingerprint density at radius 1 is 1.26 bits per heavy atom. The second-order valence-electron chi connectivity index (χ2n) is 5.07. The van der Waals surface area contributed by atoms with Crippen LogP contribution in [-0.4, -0.2) is 43.9 Å². The van der Waals surface area contributed by atoms with E-state index in [0.29, 0.717) is 31.5 Å². The Kier molecular flexibility index (Phi) is 8.64. The van der Waals surface area contributed by atoms with Crippen molar-refractivity contribution >= 4 is 17.6 Å². The summed E-state index contributed by atoms with van der Waals surface area (Å²) in [7, 11) is 0. The molecule has 0 bridgehead atoms. The lowest BCUT2D eigenvalue weighted by Gasteiger charge is -2.24. The summed E-state index contributed by atoms with van der Waals surface area (Å²) >= 11 is 0. The van der Waals surface area contributed by atoms with Gasteiger partial charge in [0.25, 0.3) is 0 Å². The Hall–Kier alpha value is -2.18. The number of hydrogen-bond donors (Lipinski definition) is 2. The van der Waals surface area contributed by atoms with Crippen LogP contribution < -0.4 is 20.7 Å². The molecule has 7 nitrogen and oxygen atoms in total. The van der Waals surface area contributed by atoms with E-state index in [9.17, 15) is 4.79 Å². The number of carbonyl (C=O) groups is 1. The first-order valence-corrected chi connectivity index (χ1v) is 8.16. The van der Waals surface area contributed by atoms with Crippen LogP contribution >= 0.6 is 0 Å². The van der Waals surface area contributed by atoms with Crippen LogP contribution in [0.1, 0.15) is 33.6 Å². The highest BCUT2D eigenvalue weighted by Gasteiger charge is 2.09. The molecule has 0 radical (unpaired) electrons. The largest absolute Gasteiger partial charge is 0.476 e. The summed E-state index contributed by atoms with van der Waals surface area (Å²) in [4.78, 5) is 17.6. The second kappa shape index (κ2) is 10.5. The molecule has 23 heavy (non-hydrogen) atoms. The number of ether oxygens (including phenoxy) is 2. The third-order valence-electron chi connectivity index (χ3n) is 3.06. The van der Waals surface area contributed by atoms with E-state index < -0.39 is 6.09 Å². The van der Waals surface area contributed by atoms with Crippen LogP contribution in [0.5, 0.6) is 5.88 Å². The van der Waals surface area contributed by atoms with Gasteiger partial charge in [0.1, 0.15) is 12.4 Å². The summed E-state index contributed by atoms with van der Waals surface area (Å²) in [5.74, 6) is 0.885. The molecule has 0 aromatic carbocycles. The number of hydrogen-bond acceptors (Lipinski definition) is 6. The number of rotatable bonds is 10. The number of anilines is 2. The fourth-order valence-corrected chi connectivity index (χ4v) is 2.17. The average Bonchev–Trinajstić information content (AvgIpc) is 2.51. The first kappa shape index (κ1) is 18.9. The maximum Gasteiger partial charge on any atom is 0.407 e. The van der Waals surface area contributed by atoms with Gasteiger partial charge in [0.05, 0.1) is 13.2 Å². The molecule has 130 valence electrons. The van der Waals surface area contributed by atoms with Gasteiger partial charge in [-0.05, 0) is 19.8 Å². The first-order chi connectivity index (χ1) is 11.1. The normalized spacial score (nSPS) is 10.2. The maximum absolute atomic E-state index is 11.2. The summed E-state index contributed by atoms with van der Waals surface area (Å²) in [6.07, 6.45) is 1.67. The lowest BCUT2D eigenvalue weighted by Crippen LogP contribution is -2.29. The van der Waals surface area contributed by atoms with Crippen molar-refractivity contribution in [3.63, 3.8) is 0 Å². The van der Waals surface area contributed by atoms with E-state index in [1.54, 1.807) is 6.92 Å². The lowest BCUT2D eigenvalue weighted by molar-refractivity contribution is 0.150. The van der Waals surface area contributed by atoms with Gasteiger partial charge in [-0.15, -0.1) is 0 Å². The number of nitrogens with two attached hydrogens (primary N) is 1. The molecule has 1 aromatic heterocycles. The molecule has 0 unspecified atom stereocenters. The van der Waals surface area contributed by atoms with Gasteiger partial charge >= 0.3 is 6.09 Å². The molecule has 0 spiro atoms. The number of pyridine rings is 1. The van der Waals surface area contributed by atoms with Crippen LogP contribution in [0.3, 0.4) is 0 Å². The standard InChI is InChI=1S/C16H28N4O3/c1-4-8-20(9-5-2)13-11-14(17)19-15(12-13)23-10-7-18-16(21)22-6-3/h11-12H,4-10H2,1-3H3,(H2,17,19)(H,18,21). The highest BCUT2D eigenvalue weighted by atomic mass is 16.5. The summed E-state index contributed by atoms with van der Waals surface area (Å²) in [5.41, 5.74) is 6.88. The summed E-state index contributed by atoms with van der Waals surface area (Å²) < 4.78 is 10.3. The van der Waals surface area contributed by atoms with Gasteiger partial charge in [0.15, 0.2) is 0 Å². The van der Waals surface area contributed by atoms with E-state index >= 15 is 0 Å². The Morgan fingerprint density at radius 2 is 1.96 bits per heavy atom. The number of carbonyl (C=O) groups excluding carboxylic acids is 1. The van der Waals surface area contributed by atoms with Gasteiger partial charge in [0.2, 0.25) is 5.88 Å². The zero-order valence-electron chi connectivity index (χ0n) is 14.3. The Morgan fingerprint density at radius 3 is 2.57 bits per heavy atom. The molecule has 7 heteroatoms. The molecule has 0 atom stereocenters. The van der Waals surface area contributed by atoms with Crippen LogP contribution in [0.25, 0.3) is 0 Å².